The minimum absolute atomic E-state index is 0.239. The zero-order valence-corrected chi connectivity index (χ0v) is 11.0. The summed E-state index contributed by atoms with van der Waals surface area (Å²) >= 11 is 0. The van der Waals surface area contributed by atoms with Crippen LogP contribution in [0.4, 0.5) is 0 Å². The maximum Gasteiger partial charge on any atom is 0.110 e. The Morgan fingerprint density at radius 1 is 1.53 bits per heavy atom. The van der Waals surface area contributed by atoms with Gasteiger partial charge >= 0.3 is 0 Å². The van der Waals surface area contributed by atoms with Crippen LogP contribution in [-0.4, -0.2) is 56.9 Å². The average Bonchev–Trinajstić information content (AvgIpc) is 2.39. The smallest absolute Gasteiger partial charge is 0.110 e. The lowest BCUT2D eigenvalue weighted by molar-refractivity contribution is 0.0370. The van der Waals surface area contributed by atoms with Crippen LogP contribution in [-0.2, 0) is 9.47 Å². The van der Waals surface area contributed by atoms with Crippen LogP contribution in [0.1, 0.15) is 26.2 Å². The van der Waals surface area contributed by atoms with E-state index in [4.69, 9.17) is 15.2 Å². The molecule has 1 rings (SSSR count). The van der Waals surface area contributed by atoms with Gasteiger partial charge in [0.25, 0.3) is 0 Å². The van der Waals surface area contributed by atoms with Crippen molar-refractivity contribution in [2.45, 2.75) is 38.5 Å². The molecule has 1 aliphatic heterocycles. The summed E-state index contributed by atoms with van der Waals surface area (Å²) in [5, 5.41) is 0. The Labute approximate surface area is 104 Å². The van der Waals surface area contributed by atoms with Crippen LogP contribution in [0.15, 0.2) is 4.99 Å². The third kappa shape index (κ3) is 5.59. The Morgan fingerprint density at radius 3 is 2.82 bits per heavy atom. The highest BCUT2D eigenvalue weighted by Gasteiger charge is 2.19. The van der Waals surface area contributed by atoms with E-state index in [9.17, 15) is 0 Å². The highest BCUT2D eigenvalue weighted by atomic mass is 16.5. The van der Waals surface area contributed by atoms with Crippen molar-refractivity contribution >= 4 is 6.21 Å². The van der Waals surface area contributed by atoms with E-state index in [2.05, 4.69) is 16.8 Å². The molecule has 0 aromatic heterocycles. The second-order valence-corrected chi connectivity index (χ2v) is 4.26. The van der Waals surface area contributed by atoms with Crippen LogP contribution in [0.2, 0.25) is 0 Å². The number of hydrogen-bond acceptors (Lipinski definition) is 5. The Morgan fingerprint density at radius 2 is 2.24 bits per heavy atom. The fourth-order valence-corrected chi connectivity index (χ4v) is 1.96. The summed E-state index contributed by atoms with van der Waals surface area (Å²) in [5.74, 6) is 0. The molecule has 1 aliphatic rings. The van der Waals surface area contributed by atoms with Gasteiger partial charge in [-0.25, -0.2) is 0 Å². The lowest BCUT2D eigenvalue weighted by Crippen LogP contribution is -2.39. The maximum absolute atomic E-state index is 5.62. The average molecular weight is 243 g/mol. The number of hydrogen-bond donors (Lipinski definition) is 1. The number of nitrogens with two attached hydrogens (primary N) is 1. The highest BCUT2D eigenvalue weighted by Crippen LogP contribution is 2.13. The van der Waals surface area contributed by atoms with Crippen LogP contribution in [0.25, 0.3) is 0 Å². The Balaban J connectivity index is 2.26. The lowest BCUT2D eigenvalue weighted by atomic mass is 10.1. The van der Waals surface area contributed by atoms with Crippen molar-refractivity contribution in [1.29, 1.82) is 0 Å². The van der Waals surface area contributed by atoms with Gasteiger partial charge in [0.15, 0.2) is 0 Å². The van der Waals surface area contributed by atoms with E-state index in [0.717, 1.165) is 39.3 Å². The summed E-state index contributed by atoms with van der Waals surface area (Å²) in [6.45, 7) is 5.70. The molecule has 0 aliphatic carbocycles. The van der Waals surface area contributed by atoms with Crippen LogP contribution in [0, 0.1) is 0 Å². The summed E-state index contributed by atoms with van der Waals surface area (Å²) in [7, 11) is 1.61. The molecular formula is C12H25N3O2. The molecule has 1 fully saturated rings. The summed E-state index contributed by atoms with van der Waals surface area (Å²) in [4.78, 5) is 6.79. The lowest BCUT2D eigenvalue weighted by Gasteiger charge is -2.32. The van der Waals surface area contributed by atoms with Crippen molar-refractivity contribution in [3.05, 3.63) is 0 Å². The van der Waals surface area contributed by atoms with Gasteiger partial charge in [0, 0.05) is 39.0 Å². The number of aliphatic imine (C=N–C) groups is 1. The zero-order valence-electron chi connectivity index (χ0n) is 11.0. The molecule has 0 amide bonds. The molecule has 17 heavy (non-hydrogen) atoms. The van der Waals surface area contributed by atoms with Gasteiger partial charge in [-0.3, -0.25) is 9.89 Å². The molecule has 0 aromatic carbocycles. The first kappa shape index (κ1) is 14.6. The van der Waals surface area contributed by atoms with Crippen LogP contribution < -0.4 is 5.73 Å². The molecule has 1 saturated heterocycles. The van der Waals surface area contributed by atoms with Crippen molar-refractivity contribution < 1.29 is 9.47 Å². The van der Waals surface area contributed by atoms with Gasteiger partial charge in [-0.15, -0.1) is 0 Å². The van der Waals surface area contributed by atoms with Gasteiger partial charge in [0.05, 0.1) is 6.67 Å². The van der Waals surface area contributed by atoms with Crippen LogP contribution in [0.3, 0.4) is 0 Å². The van der Waals surface area contributed by atoms with Crippen molar-refractivity contribution in [2.75, 3.05) is 33.5 Å². The normalized spacial score (nSPS) is 20.2. The number of methoxy groups -OCH3 is 1. The van der Waals surface area contributed by atoms with Gasteiger partial charge in [0.1, 0.15) is 6.23 Å². The number of ether oxygens (including phenoxy) is 2. The molecule has 100 valence electrons. The third-order valence-corrected chi connectivity index (χ3v) is 3.15. The highest BCUT2D eigenvalue weighted by molar-refractivity contribution is 5.57. The molecule has 2 N–H and O–H groups in total. The summed E-state index contributed by atoms with van der Waals surface area (Å²) in [6.07, 6.45) is 4.51. The van der Waals surface area contributed by atoms with Crippen molar-refractivity contribution in [3.63, 3.8) is 0 Å². The minimum atomic E-state index is -0.239. The monoisotopic (exact) mass is 243 g/mol. The van der Waals surface area contributed by atoms with Gasteiger partial charge in [-0.05, 0) is 19.4 Å². The SMILES string of the molecule is CCN(C/N=C\CC(N)OC)C1CCOCC1. The van der Waals surface area contributed by atoms with E-state index in [1.54, 1.807) is 7.11 Å². The Hall–Kier alpha value is -0.490. The summed E-state index contributed by atoms with van der Waals surface area (Å²) in [6, 6.07) is 0.613. The molecule has 5 nitrogen and oxygen atoms in total. The molecule has 1 atom stereocenters. The van der Waals surface area contributed by atoms with Gasteiger partial charge in [0.2, 0.25) is 0 Å². The predicted molar refractivity (Wildman–Crippen MR) is 69.2 cm³/mol. The molecule has 0 aromatic rings. The molecule has 0 saturated carbocycles. The minimum Gasteiger partial charge on any atom is -0.381 e. The second-order valence-electron chi connectivity index (χ2n) is 4.26. The number of nitrogens with zero attached hydrogens (tertiary/aromatic N) is 2. The van der Waals surface area contributed by atoms with E-state index in [-0.39, 0.29) is 6.23 Å². The first-order valence-corrected chi connectivity index (χ1v) is 6.36. The van der Waals surface area contributed by atoms with Crippen molar-refractivity contribution in [2.24, 2.45) is 10.7 Å². The van der Waals surface area contributed by atoms with E-state index in [0.29, 0.717) is 12.5 Å². The Kier molecular flexibility index (Phi) is 7.35. The van der Waals surface area contributed by atoms with Gasteiger partial charge < -0.3 is 15.2 Å². The summed E-state index contributed by atoms with van der Waals surface area (Å²) < 4.78 is 10.3. The Bertz CT molecular complexity index is 218. The first-order valence-electron chi connectivity index (χ1n) is 6.36. The van der Waals surface area contributed by atoms with Crippen LogP contribution >= 0.6 is 0 Å². The second kappa shape index (κ2) is 8.58. The molecule has 1 heterocycles. The van der Waals surface area contributed by atoms with Crippen molar-refractivity contribution in [3.8, 4) is 0 Å². The maximum atomic E-state index is 5.62. The van der Waals surface area contributed by atoms with Crippen molar-refractivity contribution in [1.82, 2.24) is 4.90 Å². The zero-order chi connectivity index (χ0) is 12.5. The van der Waals surface area contributed by atoms with E-state index >= 15 is 0 Å². The first-order chi connectivity index (χ1) is 8.27. The van der Waals surface area contributed by atoms with E-state index in [1.807, 2.05) is 6.21 Å². The molecular weight excluding hydrogens is 218 g/mol. The molecule has 0 spiro atoms. The quantitative estimate of drug-likeness (QED) is 0.531. The fraction of sp³-hybridized carbons (Fsp3) is 0.917. The largest absolute Gasteiger partial charge is 0.381 e. The number of rotatable bonds is 7. The topological polar surface area (TPSA) is 60.1 Å². The predicted octanol–water partition coefficient (Wildman–Crippen LogP) is 0.837. The van der Waals surface area contributed by atoms with E-state index < -0.39 is 0 Å². The summed E-state index contributed by atoms with van der Waals surface area (Å²) in [5.41, 5.74) is 5.62. The van der Waals surface area contributed by atoms with Crippen LogP contribution in [0.5, 0.6) is 0 Å². The molecule has 5 heteroatoms. The molecule has 1 unspecified atom stereocenters. The van der Waals surface area contributed by atoms with E-state index in [1.165, 1.54) is 0 Å². The molecule has 0 bridgehead atoms. The fourth-order valence-electron chi connectivity index (χ4n) is 1.96. The van der Waals surface area contributed by atoms with Gasteiger partial charge in [-0.1, -0.05) is 6.92 Å². The van der Waals surface area contributed by atoms with Gasteiger partial charge in [-0.2, -0.15) is 0 Å². The standard InChI is InChI=1S/C12H25N3O2/c1-3-15(11-5-8-17-9-6-11)10-14-7-4-12(13)16-2/h7,11-12H,3-6,8-10,13H2,1-2H3/b14-7-. The molecule has 0 radical (unpaired) electrons. The third-order valence-electron chi connectivity index (χ3n) is 3.15.